The summed E-state index contributed by atoms with van der Waals surface area (Å²) in [4.78, 5) is 28.8. The molecule has 0 saturated carbocycles. The van der Waals surface area contributed by atoms with Crippen LogP contribution in [0.3, 0.4) is 0 Å². The quantitative estimate of drug-likeness (QED) is 0.259. The molecule has 0 aliphatic carbocycles. The van der Waals surface area contributed by atoms with Crippen molar-refractivity contribution in [2.24, 2.45) is 0 Å². The van der Waals surface area contributed by atoms with Crippen molar-refractivity contribution in [3.63, 3.8) is 0 Å². The highest BCUT2D eigenvalue weighted by atomic mass is 79.9. The molecule has 0 spiro atoms. The SMILES string of the molecule is CC[C@@H](C)NC(=O)[C@H](Cc1ccccc1)N(Cc1ccc(Br)cc1)C(=O)CCCOc1ccccc1. The molecule has 3 aromatic carbocycles. The van der Waals surface area contributed by atoms with Crippen molar-refractivity contribution in [1.82, 2.24) is 10.2 Å². The summed E-state index contributed by atoms with van der Waals surface area (Å²) in [7, 11) is 0. The van der Waals surface area contributed by atoms with E-state index in [1.807, 2.05) is 98.8 Å². The number of halogens is 1. The second kappa shape index (κ2) is 14.4. The molecule has 0 saturated heterocycles. The van der Waals surface area contributed by atoms with Gasteiger partial charge in [0.2, 0.25) is 11.8 Å². The van der Waals surface area contributed by atoms with Gasteiger partial charge in [-0.25, -0.2) is 0 Å². The van der Waals surface area contributed by atoms with Gasteiger partial charge in [0.15, 0.2) is 0 Å². The molecule has 0 radical (unpaired) electrons. The van der Waals surface area contributed by atoms with E-state index in [0.29, 0.717) is 32.4 Å². The van der Waals surface area contributed by atoms with Crippen molar-refractivity contribution in [3.05, 3.63) is 101 Å². The van der Waals surface area contributed by atoms with E-state index in [4.69, 9.17) is 4.74 Å². The first-order valence-corrected chi connectivity index (χ1v) is 13.3. The summed E-state index contributed by atoms with van der Waals surface area (Å²) in [6.07, 6.45) is 2.13. The van der Waals surface area contributed by atoms with Crippen molar-refractivity contribution in [2.45, 2.75) is 58.2 Å². The zero-order valence-electron chi connectivity index (χ0n) is 21.0. The predicted molar refractivity (Wildman–Crippen MR) is 148 cm³/mol. The van der Waals surface area contributed by atoms with Crippen LogP contribution in [-0.2, 0) is 22.6 Å². The molecule has 3 rings (SSSR count). The zero-order valence-corrected chi connectivity index (χ0v) is 22.6. The molecule has 5 nitrogen and oxygen atoms in total. The fraction of sp³-hybridized carbons (Fsp3) is 0.333. The van der Waals surface area contributed by atoms with Crippen LogP contribution in [0.15, 0.2) is 89.4 Å². The highest BCUT2D eigenvalue weighted by molar-refractivity contribution is 9.10. The predicted octanol–water partition coefficient (Wildman–Crippen LogP) is 6.16. The van der Waals surface area contributed by atoms with Gasteiger partial charge in [-0.05, 0) is 55.2 Å². The molecule has 2 amide bonds. The summed E-state index contributed by atoms with van der Waals surface area (Å²) in [6.45, 7) is 4.81. The largest absolute Gasteiger partial charge is 0.494 e. The van der Waals surface area contributed by atoms with Crippen LogP contribution in [0.1, 0.15) is 44.2 Å². The molecule has 0 heterocycles. The molecule has 1 N–H and O–H groups in total. The van der Waals surface area contributed by atoms with Crippen LogP contribution >= 0.6 is 15.9 Å². The monoisotopic (exact) mass is 550 g/mol. The Morgan fingerprint density at radius 3 is 2.19 bits per heavy atom. The maximum Gasteiger partial charge on any atom is 0.243 e. The molecule has 0 aromatic heterocycles. The molecule has 190 valence electrons. The first-order valence-electron chi connectivity index (χ1n) is 12.5. The van der Waals surface area contributed by atoms with E-state index < -0.39 is 6.04 Å². The third kappa shape index (κ3) is 8.83. The van der Waals surface area contributed by atoms with Gasteiger partial charge < -0.3 is 15.0 Å². The lowest BCUT2D eigenvalue weighted by atomic mass is 10.0. The summed E-state index contributed by atoms with van der Waals surface area (Å²) < 4.78 is 6.75. The molecule has 36 heavy (non-hydrogen) atoms. The van der Waals surface area contributed by atoms with E-state index in [1.54, 1.807) is 4.90 Å². The fourth-order valence-corrected chi connectivity index (χ4v) is 4.12. The highest BCUT2D eigenvalue weighted by Crippen LogP contribution is 2.19. The van der Waals surface area contributed by atoms with Gasteiger partial charge in [0.25, 0.3) is 0 Å². The van der Waals surface area contributed by atoms with Crippen molar-refractivity contribution in [1.29, 1.82) is 0 Å². The number of ether oxygens (including phenoxy) is 1. The summed E-state index contributed by atoms with van der Waals surface area (Å²) in [5, 5.41) is 3.10. The smallest absolute Gasteiger partial charge is 0.243 e. The van der Waals surface area contributed by atoms with E-state index in [-0.39, 0.29) is 17.9 Å². The van der Waals surface area contributed by atoms with E-state index in [9.17, 15) is 9.59 Å². The molecule has 0 unspecified atom stereocenters. The second-order valence-corrected chi connectivity index (χ2v) is 9.85. The highest BCUT2D eigenvalue weighted by Gasteiger charge is 2.30. The third-order valence-electron chi connectivity index (χ3n) is 6.09. The number of amides is 2. The van der Waals surface area contributed by atoms with Crippen LogP contribution in [0, 0.1) is 0 Å². The van der Waals surface area contributed by atoms with Gasteiger partial charge in [-0.3, -0.25) is 9.59 Å². The Kier molecular flexibility index (Phi) is 11.0. The number of rotatable bonds is 13. The van der Waals surface area contributed by atoms with E-state index in [1.165, 1.54) is 0 Å². The molecule has 0 aliphatic heterocycles. The Morgan fingerprint density at radius 1 is 0.917 bits per heavy atom. The first kappa shape index (κ1) is 27.5. The summed E-state index contributed by atoms with van der Waals surface area (Å²) in [5.74, 6) is 0.598. The van der Waals surface area contributed by atoms with E-state index >= 15 is 0 Å². The second-order valence-electron chi connectivity index (χ2n) is 8.94. The van der Waals surface area contributed by atoms with Crippen LogP contribution < -0.4 is 10.1 Å². The molecule has 0 aliphatic rings. The summed E-state index contributed by atoms with van der Waals surface area (Å²) >= 11 is 3.47. The molecule has 6 heteroatoms. The average molecular weight is 552 g/mol. The number of benzene rings is 3. The number of nitrogens with zero attached hydrogens (tertiary/aromatic N) is 1. The lowest BCUT2D eigenvalue weighted by Crippen LogP contribution is -2.52. The Morgan fingerprint density at radius 2 is 1.56 bits per heavy atom. The Labute approximate surface area is 223 Å². The minimum Gasteiger partial charge on any atom is -0.494 e. The van der Waals surface area contributed by atoms with Gasteiger partial charge in [0.1, 0.15) is 11.8 Å². The Hall–Kier alpha value is -3.12. The van der Waals surface area contributed by atoms with Crippen molar-refractivity contribution < 1.29 is 14.3 Å². The van der Waals surface area contributed by atoms with Crippen LogP contribution in [0.2, 0.25) is 0 Å². The van der Waals surface area contributed by atoms with Gasteiger partial charge in [0, 0.05) is 29.9 Å². The number of hydrogen-bond acceptors (Lipinski definition) is 3. The number of carbonyl (C=O) groups excluding carboxylic acids is 2. The standard InChI is InChI=1S/C30H35BrN2O3/c1-3-23(2)32-30(35)28(21-24-11-6-4-7-12-24)33(22-25-16-18-26(31)19-17-25)29(34)15-10-20-36-27-13-8-5-9-14-27/h4-9,11-14,16-19,23,28H,3,10,15,20-22H2,1-2H3,(H,32,35)/t23-,28+/m1/s1. The maximum atomic E-state index is 13.6. The van der Waals surface area contributed by atoms with Crippen molar-refractivity contribution in [3.8, 4) is 5.75 Å². The van der Waals surface area contributed by atoms with E-state index in [2.05, 4.69) is 21.2 Å². The minimum absolute atomic E-state index is 0.0275. The molecular formula is C30H35BrN2O3. The van der Waals surface area contributed by atoms with Crippen LogP contribution in [-0.4, -0.2) is 35.4 Å². The molecule has 2 atom stereocenters. The normalized spacial score (nSPS) is 12.4. The third-order valence-corrected chi connectivity index (χ3v) is 6.61. The van der Waals surface area contributed by atoms with Gasteiger partial charge >= 0.3 is 0 Å². The minimum atomic E-state index is -0.618. The fourth-order valence-electron chi connectivity index (χ4n) is 3.86. The van der Waals surface area contributed by atoms with Crippen LogP contribution in [0.25, 0.3) is 0 Å². The topological polar surface area (TPSA) is 58.6 Å². The molecular weight excluding hydrogens is 516 g/mol. The van der Waals surface area contributed by atoms with Crippen molar-refractivity contribution in [2.75, 3.05) is 6.61 Å². The number of para-hydroxylation sites is 1. The average Bonchev–Trinajstić information content (AvgIpc) is 2.90. The molecule has 0 bridgehead atoms. The van der Waals surface area contributed by atoms with Gasteiger partial charge in [-0.1, -0.05) is 83.5 Å². The van der Waals surface area contributed by atoms with Gasteiger partial charge in [0.05, 0.1) is 6.61 Å². The summed E-state index contributed by atoms with van der Waals surface area (Å²) in [5.41, 5.74) is 1.99. The van der Waals surface area contributed by atoms with Gasteiger partial charge in [-0.2, -0.15) is 0 Å². The van der Waals surface area contributed by atoms with Crippen molar-refractivity contribution >= 4 is 27.7 Å². The van der Waals surface area contributed by atoms with Gasteiger partial charge in [-0.15, -0.1) is 0 Å². The lowest BCUT2D eigenvalue weighted by molar-refractivity contribution is -0.141. The van der Waals surface area contributed by atoms with Crippen LogP contribution in [0.4, 0.5) is 0 Å². The summed E-state index contributed by atoms with van der Waals surface area (Å²) in [6, 6.07) is 26.7. The maximum absolute atomic E-state index is 13.6. The Balaban J connectivity index is 1.80. The van der Waals surface area contributed by atoms with E-state index in [0.717, 1.165) is 27.8 Å². The zero-order chi connectivity index (χ0) is 25.8. The molecule has 0 fully saturated rings. The lowest BCUT2D eigenvalue weighted by Gasteiger charge is -2.32. The first-order chi connectivity index (χ1) is 17.5. The van der Waals surface area contributed by atoms with Crippen LogP contribution in [0.5, 0.6) is 5.75 Å². The molecule has 3 aromatic rings. The number of nitrogens with one attached hydrogen (secondary N) is 1. The number of hydrogen-bond donors (Lipinski definition) is 1. The Bertz CT molecular complexity index is 1070. The number of carbonyl (C=O) groups is 2.